The van der Waals surface area contributed by atoms with Crippen LogP contribution in [0.3, 0.4) is 0 Å². The number of hydrogen-bond acceptors (Lipinski definition) is 2. The molecule has 0 aliphatic carbocycles. The van der Waals surface area contributed by atoms with Crippen LogP contribution in [0, 0.1) is 0 Å². The van der Waals surface area contributed by atoms with E-state index in [2.05, 4.69) is 34.7 Å². The lowest BCUT2D eigenvalue weighted by Gasteiger charge is -2.24. The van der Waals surface area contributed by atoms with E-state index in [9.17, 15) is 5.11 Å². The molecule has 96 valence electrons. The van der Waals surface area contributed by atoms with Crippen LogP contribution in [0.2, 0.25) is 0 Å². The van der Waals surface area contributed by atoms with Crippen LogP contribution >= 0.6 is 15.9 Å². The lowest BCUT2D eigenvalue weighted by atomic mass is 10.1. The van der Waals surface area contributed by atoms with Crippen molar-refractivity contribution in [2.45, 2.75) is 32.8 Å². The first-order valence-corrected chi connectivity index (χ1v) is 7.12. The minimum atomic E-state index is -0.398. The standard InChI is InChI=1S/C14H22BrNO/c1-3-8-16(9-4-2)11-14(17)12-6-5-7-13(15)10-12/h5-7,10,14,17H,3-4,8-9,11H2,1-2H3. The summed E-state index contributed by atoms with van der Waals surface area (Å²) < 4.78 is 1.02. The van der Waals surface area contributed by atoms with Gasteiger partial charge in [0.05, 0.1) is 6.10 Å². The van der Waals surface area contributed by atoms with Gasteiger partial charge in [0.2, 0.25) is 0 Å². The lowest BCUT2D eigenvalue weighted by molar-refractivity contribution is 0.113. The van der Waals surface area contributed by atoms with E-state index in [4.69, 9.17) is 0 Å². The molecule has 0 saturated carbocycles. The highest BCUT2D eigenvalue weighted by Gasteiger charge is 2.12. The first-order valence-electron chi connectivity index (χ1n) is 6.33. The molecule has 0 aromatic heterocycles. The van der Waals surface area contributed by atoms with Crippen molar-refractivity contribution in [3.8, 4) is 0 Å². The van der Waals surface area contributed by atoms with E-state index in [0.29, 0.717) is 0 Å². The SMILES string of the molecule is CCCN(CCC)CC(O)c1cccc(Br)c1. The minimum Gasteiger partial charge on any atom is -0.387 e. The van der Waals surface area contributed by atoms with Gasteiger partial charge in [0.15, 0.2) is 0 Å². The largest absolute Gasteiger partial charge is 0.387 e. The summed E-state index contributed by atoms with van der Waals surface area (Å²) in [6.07, 6.45) is 1.86. The molecule has 0 heterocycles. The summed E-state index contributed by atoms with van der Waals surface area (Å²) in [6, 6.07) is 7.91. The molecule has 1 rings (SSSR count). The van der Waals surface area contributed by atoms with Crippen LogP contribution in [-0.4, -0.2) is 29.6 Å². The van der Waals surface area contributed by atoms with E-state index in [0.717, 1.165) is 42.5 Å². The second-order valence-electron chi connectivity index (χ2n) is 4.37. The second kappa shape index (κ2) is 7.85. The van der Waals surface area contributed by atoms with Gasteiger partial charge in [-0.25, -0.2) is 0 Å². The Kier molecular flexibility index (Phi) is 6.78. The maximum Gasteiger partial charge on any atom is 0.0917 e. The van der Waals surface area contributed by atoms with Gasteiger partial charge in [0.1, 0.15) is 0 Å². The summed E-state index contributed by atoms with van der Waals surface area (Å²) in [5, 5.41) is 10.2. The average Bonchev–Trinajstić information content (AvgIpc) is 2.29. The molecular formula is C14H22BrNO. The van der Waals surface area contributed by atoms with Gasteiger partial charge in [-0.3, -0.25) is 0 Å². The summed E-state index contributed by atoms with van der Waals surface area (Å²) in [7, 11) is 0. The summed E-state index contributed by atoms with van der Waals surface area (Å²) in [6.45, 7) is 7.18. The molecule has 3 heteroatoms. The molecule has 0 amide bonds. The van der Waals surface area contributed by atoms with E-state index >= 15 is 0 Å². The fourth-order valence-electron chi connectivity index (χ4n) is 1.99. The van der Waals surface area contributed by atoms with Crippen LogP contribution < -0.4 is 0 Å². The zero-order valence-corrected chi connectivity index (χ0v) is 12.3. The Labute approximate surface area is 113 Å². The number of aliphatic hydroxyl groups is 1. The molecule has 17 heavy (non-hydrogen) atoms. The smallest absolute Gasteiger partial charge is 0.0917 e. The van der Waals surface area contributed by atoms with Crippen molar-refractivity contribution >= 4 is 15.9 Å². The minimum absolute atomic E-state index is 0.398. The molecule has 0 saturated heterocycles. The zero-order valence-electron chi connectivity index (χ0n) is 10.7. The zero-order chi connectivity index (χ0) is 12.7. The molecule has 1 aromatic carbocycles. The molecule has 1 aromatic rings. The summed E-state index contributed by atoms with van der Waals surface area (Å²) >= 11 is 3.43. The van der Waals surface area contributed by atoms with Crippen molar-refractivity contribution in [1.82, 2.24) is 4.90 Å². The summed E-state index contributed by atoms with van der Waals surface area (Å²) in [5.41, 5.74) is 0.983. The molecule has 0 fully saturated rings. The fraction of sp³-hybridized carbons (Fsp3) is 0.571. The van der Waals surface area contributed by atoms with Crippen LogP contribution in [0.4, 0.5) is 0 Å². The summed E-state index contributed by atoms with van der Waals surface area (Å²) in [4.78, 5) is 2.32. The topological polar surface area (TPSA) is 23.5 Å². The van der Waals surface area contributed by atoms with Crippen molar-refractivity contribution in [3.63, 3.8) is 0 Å². The third-order valence-corrected chi connectivity index (χ3v) is 3.24. The van der Waals surface area contributed by atoms with Gasteiger partial charge in [-0.2, -0.15) is 0 Å². The number of benzene rings is 1. The average molecular weight is 300 g/mol. The normalized spacial score (nSPS) is 13.0. The maximum absolute atomic E-state index is 10.2. The third kappa shape index (κ3) is 5.19. The third-order valence-electron chi connectivity index (χ3n) is 2.74. The number of rotatable bonds is 7. The van der Waals surface area contributed by atoms with Crippen molar-refractivity contribution in [2.75, 3.05) is 19.6 Å². The number of nitrogens with zero attached hydrogens (tertiary/aromatic N) is 1. The molecular weight excluding hydrogens is 278 g/mol. The van der Waals surface area contributed by atoms with Crippen molar-refractivity contribution in [1.29, 1.82) is 0 Å². The molecule has 0 aliphatic rings. The number of hydrogen-bond donors (Lipinski definition) is 1. The second-order valence-corrected chi connectivity index (χ2v) is 5.29. The van der Waals surface area contributed by atoms with Crippen LogP contribution in [0.15, 0.2) is 28.7 Å². The Morgan fingerprint density at radius 1 is 1.24 bits per heavy atom. The summed E-state index contributed by atoms with van der Waals surface area (Å²) in [5.74, 6) is 0. The van der Waals surface area contributed by atoms with Crippen LogP contribution in [-0.2, 0) is 0 Å². The van der Waals surface area contributed by atoms with Crippen LogP contribution in [0.25, 0.3) is 0 Å². The Bertz CT molecular complexity index is 324. The Hall–Kier alpha value is -0.380. The van der Waals surface area contributed by atoms with E-state index in [1.807, 2.05) is 24.3 Å². The van der Waals surface area contributed by atoms with Gasteiger partial charge in [-0.15, -0.1) is 0 Å². The lowest BCUT2D eigenvalue weighted by Crippen LogP contribution is -2.30. The van der Waals surface area contributed by atoms with E-state index in [-0.39, 0.29) is 0 Å². The first-order chi connectivity index (χ1) is 8.17. The predicted octanol–water partition coefficient (Wildman–Crippen LogP) is 3.60. The molecule has 0 bridgehead atoms. The maximum atomic E-state index is 10.2. The quantitative estimate of drug-likeness (QED) is 0.831. The van der Waals surface area contributed by atoms with Crippen LogP contribution in [0.1, 0.15) is 38.4 Å². The number of aliphatic hydroxyl groups excluding tert-OH is 1. The van der Waals surface area contributed by atoms with E-state index in [1.165, 1.54) is 0 Å². The van der Waals surface area contributed by atoms with Gasteiger partial charge >= 0.3 is 0 Å². The highest BCUT2D eigenvalue weighted by molar-refractivity contribution is 9.10. The van der Waals surface area contributed by atoms with Crippen LogP contribution in [0.5, 0.6) is 0 Å². The Morgan fingerprint density at radius 3 is 2.41 bits per heavy atom. The predicted molar refractivity (Wildman–Crippen MR) is 76.1 cm³/mol. The van der Waals surface area contributed by atoms with Crippen molar-refractivity contribution in [2.24, 2.45) is 0 Å². The highest BCUT2D eigenvalue weighted by atomic mass is 79.9. The van der Waals surface area contributed by atoms with Gasteiger partial charge in [0.25, 0.3) is 0 Å². The van der Waals surface area contributed by atoms with E-state index in [1.54, 1.807) is 0 Å². The van der Waals surface area contributed by atoms with Gasteiger partial charge in [0, 0.05) is 11.0 Å². The van der Waals surface area contributed by atoms with Gasteiger partial charge in [-0.1, -0.05) is 41.9 Å². The molecule has 0 aliphatic heterocycles. The van der Waals surface area contributed by atoms with Crippen molar-refractivity contribution < 1.29 is 5.11 Å². The molecule has 2 nitrogen and oxygen atoms in total. The number of halogens is 1. The highest BCUT2D eigenvalue weighted by Crippen LogP contribution is 2.19. The Morgan fingerprint density at radius 2 is 1.88 bits per heavy atom. The van der Waals surface area contributed by atoms with Crippen molar-refractivity contribution in [3.05, 3.63) is 34.3 Å². The molecule has 0 spiro atoms. The molecule has 0 radical (unpaired) electrons. The van der Waals surface area contributed by atoms with Gasteiger partial charge in [-0.05, 0) is 43.6 Å². The first kappa shape index (κ1) is 14.7. The molecule has 1 atom stereocenters. The fourth-order valence-corrected chi connectivity index (χ4v) is 2.41. The monoisotopic (exact) mass is 299 g/mol. The molecule has 1 N–H and O–H groups in total. The Balaban J connectivity index is 2.59. The van der Waals surface area contributed by atoms with E-state index < -0.39 is 6.10 Å². The molecule has 1 unspecified atom stereocenters. The van der Waals surface area contributed by atoms with Gasteiger partial charge < -0.3 is 10.0 Å².